The summed E-state index contributed by atoms with van der Waals surface area (Å²) in [6, 6.07) is 7.49. The van der Waals surface area contributed by atoms with Gasteiger partial charge in [-0.1, -0.05) is 18.6 Å². The Balaban J connectivity index is 1.79. The Labute approximate surface area is 183 Å². The molecule has 4 heterocycles. The van der Waals surface area contributed by atoms with Crippen molar-refractivity contribution in [1.82, 2.24) is 9.55 Å². The maximum Gasteiger partial charge on any atom is 0.343 e. The molecule has 0 unspecified atom stereocenters. The van der Waals surface area contributed by atoms with Gasteiger partial charge in [-0.15, -0.1) is 0 Å². The molecule has 0 aliphatic carbocycles. The third-order valence-electron chi connectivity index (χ3n) is 6.38. The Kier molecular flexibility index (Phi) is 4.46. The number of esters is 2. The molecule has 2 aromatic heterocycles. The number of ether oxygens (including phenoxy) is 2. The minimum absolute atomic E-state index is 0.0586. The van der Waals surface area contributed by atoms with Gasteiger partial charge in [-0.3, -0.25) is 9.59 Å². The molecule has 32 heavy (non-hydrogen) atoms. The first-order valence-electron chi connectivity index (χ1n) is 10.5. The van der Waals surface area contributed by atoms with Gasteiger partial charge in [-0.25, -0.2) is 9.78 Å². The smallest absolute Gasteiger partial charge is 0.343 e. The number of cyclic esters (lactones) is 1. The zero-order chi connectivity index (χ0) is 22.8. The van der Waals surface area contributed by atoms with Crippen LogP contribution >= 0.6 is 0 Å². The second-order valence-electron chi connectivity index (χ2n) is 8.32. The highest BCUT2D eigenvalue weighted by Crippen LogP contribution is 2.40. The van der Waals surface area contributed by atoms with Crippen LogP contribution in [0.15, 0.2) is 29.1 Å². The zero-order valence-electron chi connectivity index (χ0n) is 18.0. The first-order chi connectivity index (χ1) is 15.2. The molecule has 0 bridgehead atoms. The number of hydrogen-bond donors (Lipinski definition) is 1. The summed E-state index contributed by atoms with van der Waals surface area (Å²) < 4.78 is 12.0. The topological polar surface area (TPSA) is 108 Å². The van der Waals surface area contributed by atoms with Crippen LogP contribution in [0.3, 0.4) is 0 Å². The van der Waals surface area contributed by atoms with Gasteiger partial charge in [0.2, 0.25) is 0 Å². The predicted octanol–water partition coefficient (Wildman–Crippen LogP) is 2.45. The molecule has 164 valence electrons. The molecule has 8 nitrogen and oxygen atoms in total. The van der Waals surface area contributed by atoms with E-state index in [-0.39, 0.29) is 42.9 Å². The number of pyridine rings is 2. The highest BCUT2D eigenvalue weighted by atomic mass is 16.6. The lowest BCUT2D eigenvalue weighted by molar-refractivity contribution is -0.172. The van der Waals surface area contributed by atoms with Gasteiger partial charge in [0, 0.05) is 29.0 Å². The summed E-state index contributed by atoms with van der Waals surface area (Å²) in [7, 11) is 0. The molecule has 0 saturated carbocycles. The molecule has 0 amide bonds. The first-order valence-corrected chi connectivity index (χ1v) is 10.5. The van der Waals surface area contributed by atoms with Gasteiger partial charge in [-0.2, -0.15) is 0 Å². The summed E-state index contributed by atoms with van der Waals surface area (Å²) in [5, 5.41) is 11.9. The van der Waals surface area contributed by atoms with Crippen LogP contribution in [-0.2, 0) is 44.4 Å². The zero-order valence-corrected chi connectivity index (χ0v) is 18.0. The summed E-state index contributed by atoms with van der Waals surface area (Å²) in [5.41, 5.74) is 2.78. The van der Waals surface area contributed by atoms with Crippen molar-refractivity contribution in [2.75, 3.05) is 0 Å². The molecule has 2 aliphatic heterocycles. The number of benzene rings is 1. The second-order valence-corrected chi connectivity index (χ2v) is 8.32. The van der Waals surface area contributed by atoms with E-state index >= 15 is 0 Å². The fraction of sp³-hybridized carbons (Fsp3) is 0.333. The van der Waals surface area contributed by atoms with Crippen molar-refractivity contribution in [2.24, 2.45) is 0 Å². The number of carbonyl (C=O) groups excluding carboxylic acids is 2. The average Bonchev–Trinajstić information content (AvgIpc) is 3.13. The van der Waals surface area contributed by atoms with Crippen molar-refractivity contribution in [1.29, 1.82) is 0 Å². The molecular formula is C24H22N2O6. The maximum atomic E-state index is 13.4. The van der Waals surface area contributed by atoms with E-state index in [2.05, 4.69) is 0 Å². The number of aryl methyl sites for hydroxylation is 1. The lowest BCUT2D eigenvalue weighted by Crippen LogP contribution is -2.44. The van der Waals surface area contributed by atoms with E-state index in [4.69, 9.17) is 14.5 Å². The summed E-state index contributed by atoms with van der Waals surface area (Å²) >= 11 is 0. The quantitative estimate of drug-likeness (QED) is 0.494. The van der Waals surface area contributed by atoms with E-state index in [9.17, 15) is 19.5 Å². The van der Waals surface area contributed by atoms with Crippen molar-refractivity contribution in [3.8, 4) is 11.4 Å². The van der Waals surface area contributed by atoms with Crippen LogP contribution in [0.5, 0.6) is 0 Å². The molecule has 0 spiro atoms. The van der Waals surface area contributed by atoms with E-state index in [1.165, 1.54) is 6.92 Å². The number of hydrogen-bond acceptors (Lipinski definition) is 7. The molecule has 5 rings (SSSR count). The van der Waals surface area contributed by atoms with E-state index in [0.29, 0.717) is 16.9 Å². The van der Waals surface area contributed by atoms with Crippen molar-refractivity contribution in [2.45, 2.75) is 52.6 Å². The average molecular weight is 434 g/mol. The SMILES string of the molecule is CC[C@@]1(O)C(=O)OCc2c1cc1n(c2=O)Cc2c-1nc1ccc(C)cc1c2COC(C)=O. The summed E-state index contributed by atoms with van der Waals surface area (Å²) in [6.07, 6.45) is 0.0801. The fourth-order valence-corrected chi connectivity index (χ4v) is 4.61. The van der Waals surface area contributed by atoms with Crippen molar-refractivity contribution in [3.05, 3.63) is 62.4 Å². The van der Waals surface area contributed by atoms with Crippen molar-refractivity contribution >= 4 is 22.8 Å². The largest absolute Gasteiger partial charge is 0.461 e. The monoisotopic (exact) mass is 434 g/mol. The molecule has 2 aliphatic rings. The van der Waals surface area contributed by atoms with Crippen molar-refractivity contribution < 1.29 is 24.2 Å². The second kappa shape index (κ2) is 7.00. The van der Waals surface area contributed by atoms with Crippen LogP contribution < -0.4 is 5.56 Å². The minimum Gasteiger partial charge on any atom is -0.461 e. The Morgan fingerprint density at radius 1 is 1.28 bits per heavy atom. The van der Waals surface area contributed by atoms with E-state index in [1.54, 1.807) is 17.6 Å². The maximum absolute atomic E-state index is 13.4. The predicted molar refractivity (Wildman–Crippen MR) is 115 cm³/mol. The van der Waals surface area contributed by atoms with Gasteiger partial charge in [0.05, 0.1) is 29.0 Å². The van der Waals surface area contributed by atoms with Crippen LogP contribution in [0.25, 0.3) is 22.3 Å². The Morgan fingerprint density at radius 3 is 2.78 bits per heavy atom. The van der Waals surface area contributed by atoms with Gasteiger partial charge >= 0.3 is 11.9 Å². The molecule has 0 fully saturated rings. The Bertz CT molecular complexity index is 1390. The number of nitrogens with zero attached hydrogens (tertiary/aromatic N) is 2. The Morgan fingerprint density at radius 2 is 2.06 bits per heavy atom. The van der Waals surface area contributed by atoms with Gasteiger partial charge in [0.15, 0.2) is 5.60 Å². The lowest BCUT2D eigenvalue weighted by Gasteiger charge is -2.31. The first kappa shape index (κ1) is 20.4. The molecule has 3 aromatic rings. The molecule has 0 saturated heterocycles. The summed E-state index contributed by atoms with van der Waals surface area (Å²) in [6.45, 7) is 5.12. The lowest BCUT2D eigenvalue weighted by atomic mass is 9.86. The molecule has 1 N–H and O–H groups in total. The number of carbonyl (C=O) groups is 2. The van der Waals surface area contributed by atoms with Crippen molar-refractivity contribution in [3.63, 3.8) is 0 Å². The van der Waals surface area contributed by atoms with Crippen LogP contribution in [0.1, 0.15) is 48.1 Å². The van der Waals surface area contributed by atoms with Gasteiger partial charge in [0.1, 0.15) is 13.2 Å². The van der Waals surface area contributed by atoms with Crippen LogP contribution in [0.2, 0.25) is 0 Å². The summed E-state index contributed by atoms with van der Waals surface area (Å²) in [5.74, 6) is -1.16. The van der Waals surface area contributed by atoms with Gasteiger partial charge < -0.3 is 19.1 Å². The van der Waals surface area contributed by atoms with Crippen LogP contribution in [-0.4, -0.2) is 26.6 Å². The van der Waals surface area contributed by atoms with E-state index < -0.39 is 17.5 Å². The molecule has 1 atom stereocenters. The van der Waals surface area contributed by atoms with Crippen LogP contribution in [0.4, 0.5) is 0 Å². The molecule has 8 heteroatoms. The third-order valence-corrected chi connectivity index (χ3v) is 6.38. The van der Waals surface area contributed by atoms with Crippen LogP contribution in [0, 0.1) is 6.92 Å². The van der Waals surface area contributed by atoms with E-state index in [0.717, 1.165) is 22.1 Å². The number of aliphatic hydroxyl groups is 1. The molecular weight excluding hydrogens is 412 g/mol. The standard InChI is InChI=1S/C24H22N2O6/c1-4-24(30)18-8-20-21-15(9-26(20)22(28)17(18)11-32-23(24)29)16(10-31-13(3)27)14-7-12(2)5-6-19(14)25-21/h5-8,30H,4,9-11H2,1-3H3/t24-/m0/s1. The van der Waals surface area contributed by atoms with Gasteiger partial charge in [0.25, 0.3) is 5.56 Å². The summed E-state index contributed by atoms with van der Waals surface area (Å²) in [4.78, 5) is 42.0. The molecule has 0 radical (unpaired) electrons. The normalized spacial score (nSPS) is 18.7. The van der Waals surface area contributed by atoms with E-state index in [1.807, 2.05) is 25.1 Å². The molecule has 1 aromatic carbocycles. The third kappa shape index (κ3) is 2.79. The Hall–Kier alpha value is -3.52. The minimum atomic E-state index is -1.88. The number of aromatic nitrogens is 2. The highest BCUT2D eigenvalue weighted by molar-refractivity contribution is 5.89. The number of fused-ring (bicyclic) bond motifs is 5. The number of rotatable bonds is 3. The highest BCUT2D eigenvalue weighted by Gasteiger charge is 2.45. The van der Waals surface area contributed by atoms with Gasteiger partial charge in [-0.05, 0) is 31.5 Å². The fourth-order valence-electron chi connectivity index (χ4n) is 4.61.